The molecule has 1 aromatic carbocycles. The molecule has 31 heavy (non-hydrogen) atoms. The Hall–Kier alpha value is -2.72. The van der Waals surface area contributed by atoms with Crippen LogP contribution in [0, 0.1) is 10.1 Å². The minimum absolute atomic E-state index is 0. The number of nitrogens with zero attached hydrogens (tertiary/aromatic N) is 4. The number of likely N-dealkylation sites (tertiary alicyclic amines) is 1. The summed E-state index contributed by atoms with van der Waals surface area (Å²) in [6.45, 7) is 3.87. The molecule has 2 fully saturated rings. The minimum Gasteiger partial charge on any atom is -0.480 e. The summed E-state index contributed by atoms with van der Waals surface area (Å²) < 4.78 is 0. The van der Waals surface area contributed by atoms with Gasteiger partial charge in [0.25, 0.3) is 5.69 Å². The molecule has 10 nitrogen and oxygen atoms in total. The largest absolute Gasteiger partial charge is 0.480 e. The Kier molecular flexibility index (Phi) is 8.35. The Labute approximate surface area is 186 Å². The van der Waals surface area contributed by atoms with Gasteiger partial charge in [-0.15, -0.1) is 12.4 Å². The minimum atomic E-state index is -1.16. The number of nitro groups is 1. The zero-order chi connectivity index (χ0) is 21.8. The molecular weight excluding hydrogens is 428 g/mol. The number of non-ortho nitro benzene ring substituents is 1. The third-order valence-electron chi connectivity index (χ3n) is 5.78. The molecule has 0 saturated carbocycles. The fourth-order valence-corrected chi connectivity index (χ4v) is 4.35. The number of nitro benzene ring substituents is 1. The van der Waals surface area contributed by atoms with E-state index in [0.29, 0.717) is 12.1 Å². The van der Waals surface area contributed by atoms with Gasteiger partial charge in [-0.2, -0.15) is 0 Å². The molecule has 0 spiro atoms. The van der Waals surface area contributed by atoms with Crippen LogP contribution in [-0.2, 0) is 20.8 Å². The van der Waals surface area contributed by atoms with Crippen molar-refractivity contribution in [2.24, 2.45) is 0 Å². The SMILES string of the molecule is CC(=O)N1CCN(C(=O)Cc2cccc([N+](=O)[O-])c2)C(C(=O)O)C1CN1CCCC1.Cl. The highest BCUT2D eigenvalue weighted by Gasteiger charge is 2.45. The van der Waals surface area contributed by atoms with Gasteiger partial charge in [0, 0.05) is 38.7 Å². The van der Waals surface area contributed by atoms with Crippen molar-refractivity contribution < 1.29 is 24.4 Å². The monoisotopic (exact) mass is 454 g/mol. The lowest BCUT2D eigenvalue weighted by Gasteiger charge is -2.46. The standard InChI is InChI=1S/C20H26N4O6.ClH/c1-14(25)22-9-10-23(18(26)12-15-5-4-6-16(11-15)24(29)30)19(20(27)28)17(22)13-21-7-2-3-8-21;/h4-6,11,17,19H,2-3,7-10,12-13H2,1H3,(H,27,28);1H. The Morgan fingerprint density at radius 1 is 1.13 bits per heavy atom. The number of aliphatic carboxylic acids is 1. The van der Waals surface area contributed by atoms with E-state index >= 15 is 0 Å². The van der Waals surface area contributed by atoms with Crippen LogP contribution in [-0.4, -0.2) is 87.3 Å². The van der Waals surface area contributed by atoms with Crippen molar-refractivity contribution in [1.82, 2.24) is 14.7 Å². The number of hydrogen-bond acceptors (Lipinski definition) is 6. The van der Waals surface area contributed by atoms with Crippen LogP contribution in [0.1, 0.15) is 25.3 Å². The molecule has 0 aliphatic carbocycles. The highest BCUT2D eigenvalue weighted by molar-refractivity contribution is 5.87. The van der Waals surface area contributed by atoms with Gasteiger partial charge in [-0.25, -0.2) is 4.79 Å². The average Bonchev–Trinajstić information content (AvgIpc) is 3.20. The van der Waals surface area contributed by atoms with Gasteiger partial charge in [0.15, 0.2) is 6.04 Å². The number of amides is 2. The number of hydrogen-bond donors (Lipinski definition) is 1. The topological polar surface area (TPSA) is 124 Å². The molecule has 2 aliphatic heterocycles. The van der Waals surface area contributed by atoms with Gasteiger partial charge in [-0.3, -0.25) is 19.7 Å². The summed E-state index contributed by atoms with van der Waals surface area (Å²) in [5, 5.41) is 20.9. The van der Waals surface area contributed by atoms with E-state index in [1.807, 2.05) is 0 Å². The highest BCUT2D eigenvalue weighted by Crippen LogP contribution is 2.23. The molecule has 2 heterocycles. The second-order valence-electron chi connectivity index (χ2n) is 7.76. The van der Waals surface area contributed by atoms with Crippen molar-refractivity contribution >= 4 is 35.9 Å². The summed E-state index contributed by atoms with van der Waals surface area (Å²) >= 11 is 0. The molecule has 11 heteroatoms. The number of piperazine rings is 1. The lowest BCUT2D eigenvalue weighted by Crippen LogP contribution is -2.67. The average molecular weight is 455 g/mol. The smallest absolute Gasteiger partial charge is 0.328 e. The predicted molar refractivity (Wildman–Crippen MR) is 114 cm³/mol. The van der Waals surface area contributed by atoms with Gasteiger partial charge in [0.05, 0.1) is 17.4 Å². The van der Waals surface area contributed by atoms with E-state index in [-0.39, 0.29) is 43.5 Å². The van der Waals surface area contributed by atoms with Crippen molar-refractivity contribution in [2.45, 2.75) is 38.3 Å². The molecule has 2 aliphatic rings. The molecule has 2 saturated heterocycles. The molecule has 2 amide bonds. The van der Waals surface area contributed by atoms with E-state index in [4.69, 9.17) is 0 Å². The van der Waals surface area contributed by atoms with E-state index < -0.39 is 28.9 Å². The van der Waals surface area contributed by atoms with Gasteiger partial charge in [0.2, 0.25) is 11.8 Å². The third-order valence-corrected chi connectivity index (χ3v) is 5.78. The first kappa shape index (κ1) is 24.5. The molecule has 2 unspecified atom stereocenters. The van der Waals surface area contributed by atoms with Gasteiger partial charge >= 0.3 is 5.97 Å². The first-order valence-electron chi connectivity index (χ1n) is 10.0. The number of halogens is 1. The molecule has 0 radical (unpaired) electrons. The van der Waals surface area contributed by atoms with Crippen LogP contribution in [0.15, 0.2) is 24.3 Å². The number of benzene rings is 1. The van der Waals surface area contributed by atoms with Crippen LogP contribution >= 0.6 is 12.4 Å². The quantitative estimate of drug-likeness (QED) is 0.505. The molecule has 0 aromatic heterocycles. The maximum atomic E-state index is 13.0. The van der Waals surface area contributed by atoms with Gasteiger partial charge in [-0.05, 0) is 31.5 Å². The number of carbonyl (C=O) groups is 3. The molecule has 2 atom stereocenters. The maximum absolute atomic E-state index is 13.0. The molecule has 1 aromatic rings. The van der Waals surface area contributed by atoms with E-state index in [1.54, 1.807) is 11.0 Å². The highest BCUT2D eigenvalue weighted by atomic mass is 35.5. The molecule has 170 valence electrons. The van der Waals surface area contributed by atoms with Crippen LogP contribution in [0.5, 0.6) is 0 Å². The first-order valence-corrected chi connectivity index (χ1v) is 10.0. The van der Waals surface area contributed by atoms with Crippen LogP contribution in [0.25, 0.3) is 0 Å². The second kappa shape index (κ2) is 10.5. The predicted octanol–water partition coefficient (Wildman–Crippen LogP) is 1.17. The number of carboxylic acids is 1. The fourth-order valence-electron chi connectivity index (χ4n) is 4.35. The number of carboxylic acid groups (broad SMARTS) is 1. The normalized spacial score (nSPS) is 21.5. The molecule has 0 bridgehead atoms. The molecular formula is C20H27ClN4O6. The van der Waals surface area contributed by atoms with E-state index in [2.05, 4.69) is 4.90 Å². The summed E-state index contributed by atoms with van der Waals surface area (Å²) in [4.78, 5) is 52.8. The molecule has 1 N–H and O–H groups in total. The van der Waals surface area contributed by atoms with Crippen molar-refractivity contribution in [3.05, 3.63) is 39.9 Å². The van der Waals surface area contributed by atoms with Crippen molar-refractivity contribution in [3.8, 4) is 0 Å². The summed E-state index contributed by atoms with van der Waals surface area (Å²) in [7, 11) is 0. The summed E-state index contributed by atoms with van der Waals surface area (Å²) in [6, 6.07) is 3.97. The lowest BCUT2D eigenvalue weighted by molar-refractivity contribution is -0.384. The van der Waals surface area contributed by atoms with Crippen LogP contribution in [0.4, 0.5) is 5.69 Å². The fraction of sp³-hybridized carbons (Fsp3) is 0.550. The van der Waals surface area contributed by atoms with Crippen molar-refractivity contribution in [3.63, 3.8) is 0 Å². The number of carbonyl (C=O) groups excluding carboxylic acids is 2. The van der Waals surface area contributed by atoms with Gasteiger partial charge in [-0.1, -0.05) is 12.1 Å². The van der Waals surface area contributed by atoms with E-state index in [0.717, 1.165) is 25.9 Å². The van der Waals surface area contributed by atoms with Crippen molar-refractivity contribution in [1.29, 1.82) is 0 Å². The van der Waals surface area contributed by atoms with Crippen LogP contribution in [0.3, 0.4) is 0 Å². The van der Waals surface area contributed by atoms with Gasteiger partial charge < -0.3 is 19.8 Å². The summed E-state index contributed by atoms with van der Waals surface area (Å²) in [6.07, 6.45) is 1.92. The Bertz CT molecular complexity index is 845. The van der Waals surface area contributed by atoms with Crippen molar-refractivity contribution in [2.75, 3.05) is 32.7 Å². The first-order chi connectivity index (χ1) is 14.3. The zero-order valence-corrected chi connectivity index (χ0v) is 18.1. The van der Waals surface area contributed by atoms with Crippen LogP contribution < -0.4 is 0 Å². The van der Waals surface area contributed by atoms with Gasteiger partial charge in [0.1, 0.15) is 0 Å². The van der Waals surface area contributed by atoms with E-state index in [1.165, 1.54) is 30.0 Å². The zero-order valence-electron chi connectivity index (χ0n) is 17.3. The summed E-state index contributed by atoms with van der Waals surface area (Å²) in [5.74, 6) is -1.79. The van der Waals surface area contributed by atoms with Crippen LogP contribution in [0.2, 0.25) is 0 Å². The molecule has 3 rings (SSSR count). The summed E-state index contributed by atoms with van der Waals surface area (Å²) in [5.41, 5.74) is 0.326. The Morgan fingerprint density at radius 3 is 2.35 bits per heavy atom. The maximum Gasteiger partial charge on any atom is 0.328 e. The third kappa shape index (κ3) is 5.71. The van der Waals surface area contributed by atoms with E-state index in [9.17, 15) is 29.6 Å². The second-order valence-corrected chi connectivity index (χ2v) is 7.76. The lowest BCUT2D eigenvalue weighted by atomic mass is 9.98. The number of rotatable bonds is 6. The Morgan fingerprint density at radius 2 is 1.77 bits per heavy atom. The Balaban J connectivity index is 0.00000341.